The Balaban J connectivity index is -0.0000000457. The first-order chi connectivity index (χ1) is 4.54. The van der Waals surface area contributed by atoms with E-state index >= 15 is 0 Å². The fourth-order valence-electron chi connectivity index (χ4n) is 0. The van der Waals surface area contributed by atoms with Crippen LogP contribution in [0, 0.1) is 0 Å². The second kappa shape index (κ2) is 17.0. The third-order valence-corrected chi connectivity index (χ3v) is 0.577. The van der Waals surface area contributed by atoms with Crippen LogP contribution in [0.2, 0.25) is 0 Å². The molecule has 0 saturated heterocycles. The number of hydrogen-bond acceptors (Lipinski definition) is 4. The average molecular weight is 255 g/mol. The van der Waals surface area contributed by atoms with Crippen molar-refractivity contribution in [3.63, 3.8) is 0 Å². The van der Waals surface area contributed by atoms with Crippen LogP contribution in [-0.2, 0) is 35.8 Å². The number of carboxylic acids is 2. The molecule has 0 fully saturated rings. The number of rotatable bonds is 2. The molecule has 0 rings (SSSR count). The van der Waals surface area contributed by atoms with Crippen LogP contribution in [0.4, 0.5) is 0 Å². The van der Waals surface area contributed by atoms with Crippen molar-refractivity contribution >= 4 is 11.9 Å². The molecular formula is C6H12O5Zr. The van der Waals surface area contributed by atoms with Crippen molar-refractivity contribution in [2.75, 3.05) is 0 Å². The topological polar surface area (TPSA) is 112 Å². The molecule has 6 heteroatoms. The molecule has 0 radical (unpaired) electrons. The minimum absolute atomic E-state index is 0. The number of carbonyl (C=O) groups is 2. The summed E-state index contributed by atoms with van der Waals surface area (Å²) in [5, 5.41) is 18.5. The molecule has 0 spiro atoms. The van der Waals surface area contributed by atoms with Crippen LogP contribution in [-0.4, -0.2) is 17.4 Å². The summed E-state index contributed by atoms with van der Waals surface area (Å²) in [5.74, 6) is -1.99. The molecule has 0 aromatic heterocycles. The summed E-state index contributed by atoms with van der Waals surface area (Å²) in [5.41, 5.74) is 0. The van der Waals surface area contributed by atoms with E-state index in [1.807, 2.05) is 0 Å². The monoisotopic (exact) mass is 254 g/mol. The van der Waals surface area contributed by atoms with E-state index in [0.29, 0.717) is 0 Å². The van der Waals surface area contributed by atoms with E-state index in [-0.39, 0.29) is 44.5 Å². The van der Waals surface area contributed by atoms with Crippen LogP contribution in [0.1, 0.15) is 26.7 Å². The smallest absolute Gasteiger partial charge is 0.550 e. The summed E-state index contributed by atoms with van der Waals surface area (Å²) in [7, 11) is 0. The Kier molecular flexibility index (Phi) is 32.1. The Morgan fingerprint density at radius 1 is 1.00 bits per heavy atom. The first kappa shape index (κ1) is 22.6. The van der Waals surface area contributed by atoms with Crippen molar-refractivity contribution in [3.8, 4) is 0 Å². The zero-order valence-corrected chi connectivity index (χ0v) is 9.51. The van der Waals surface area contributed by atoms with Crippen molar-refractivity contribution < 1.29 is 51.5 Å². The van der Waals surface area contributed by atoms with Crippen LogP contribution < -0.4 is 10.2 Å². The normalized spacial score (nSPS) is 6.17. The van der Waals surface area contributed by atoms with E-state index in [2.05, 4.69) is 0 Å². The van der Waals surface area contributed by atoms with Gasteiger partial charge in [-0.15, -0.1) is 0 Å². The molecule has 0 atom stereocenters. The Hall–Kier alpha value is -0.217. The average Bonchev–Trinajstić information content (AvgIpc) is 1.89. The Bertz CT molecular complexity index is 101. The van der Waals surface area contributed by atoms with Crippen molar-refractivity contribution in [1.29, 1.82) is 0 Å². The van der Waals surface area contributed by atoms with E-state index in [1.165, 1.54) is 13.8 Å². The van der Waals surface area contributed by atoms with Gasteiger partial charge in [-0.2, -0.15) is 0 Å². The van der Waals surface area contributed by atoms with Gasteiger partial charge in [-0.25, -0.2) is 0 Å². The van der Waals surface area contributed by atoms with Crippen LogP contribution in [0.25, 0.3) is 0 Å². The predicted molar refractivity (Wildman–Crippen MR) is 34.2 cm³/mol. The Labute approximate surface area is 90.2 Å². The molecule has 0 unspecified atom stereocenters. The van der Waals surface area contributed by atoms with Gasteiger partial charge in [-0.3, -0.25) is 0 Å². The fourth-order valence-corrected chi connectivity index (χ4v) is 0. The van der Waals surface area contributed by atoms with Gasteiger partial charge in [-0.1, -0.05) is 13.8 Å². The summed E-state index contributed by atoms with van der Waals surface area (Å²) < 4.78 is 0. The quantitative estimate of drug-likeness (QED) is 0.541. The molecule has 12 heavy (non-hydrogen) atoms. The third kappa shape index (κ3) is 52.7. The molecule has 5 nitrogen and oxygen atoms in total. The van der Waals surface area contributed by atoms with Gasteiger partial charge in [0, 0.05) is 11.9 Å². The maximum Gasteiger partial charge on any atom is 2.00 e. The van der Waals surface area contributed by atoms with Crippen molar-refractivity contribution in [3.05, 3.63) is 0 Å². The molecule has 70 valence electrons. The molecule has 0 aromatic rings. The number of aliphatic carboxylic acids is 2. The van der Waals surface area contributed by atoms with Crippen LogP contribution in [0.15, 0.2) is 0 Å². The fraction of sp³-hybridized carbons (Fsp3) is 0.667. The van der Waals surface area contributed by atoms with E-state index in [9.17, 15) is 19.8 Å². The molecular weight excluding hydrogens is 243 g/mol. The van der Waals surface area contributed by atoms with Crippen molar-refractivity contribution in [2.45, 2.75) is 26.7 Å². The molecule has 0 amide bonds. The first-order valence-corrected chi connectivity index (χ1v) is 2.94. The van der Waals surface area contributed by atoms with E-state index in [4.69, 9.17) is 0 Å². The largest absolute Gasteiger partial charge is 2.00 e. The first-order valence-electron chi connectivity index (χ1n) is 2.94. The molecule has 2 N–H and O–H groups in total. The zero-order valence-electron chi connectivity index (χ0n) is 7.05. The van der Waals surface area contributed by atoms with E-state index in [1.54, 1.807) is 0 Å². The van der Waals surface area contributed by atoms with Gasteiger partial charge in [0.05, 0.1) is 0 Å². The summed E-state index contributed by atoms with van der Waals surface area (Å²) in [6.07, 6.45) is 0.222. The van der Waals surface area contributed by atoms with Gasteiger partial charge >= 0.3 is 26.2 Å². The molecule has 0 aliphatic rings. The standard InChI is InChI=1S/2C3H6O2.H2O.Zr/c2*1-2-3(4)5;;/h2*2H2,1H3,(H,4,5);1H2;/q;;;+2/p-2. The van der Waals surface area contributed by atoms with Crippen LogP contribution in [0.3, 0.4) is 0 Å². The van der Waals surface area contributed by atoms with Gasteiger partial charge in [0.15, 0.2) is 0 Å². The summed E-state index contributed by atoms with van der Waals surface area (Å²) >= 11 is 0. The molecule has 0 aliphatic heterocycles. The van der Waals surface area contributed by atoms with Crippen molar-refractivity contribution in [2.24, 2.45) is 0 Å². The molecule has 0 aromatic carbocycles. The number of carboxylic acid groups (broad SMARTS) is 2. The second-order valence-corrected chi connectivity index (χ2v) is 1.45. The molecule has 0 heterocycles. The maximum absolute atomic E-state index is 9.26. The van der Waals surface area contributed by atoms with E-state index in [0.717, 1.165) is 0 Å². The van der Waals surface area contributed by atoms with Crippen molar-refractivity contribution in [1.82, 2.24) is 0 Å². The van der Waals surface area contributed by atoms with Gasteiger partial charge in [0.1, 0.15) is 0 Å². The number of hydrogen-bond donors (Lipinski definition) is 0. The maximum atomic E-state index is 9.26. The van der Waals surface area contributed by atoms with Gasteiger partial charge in [-0.05, 0) is 12.8 Å². The minimum Gasteiger partial charge on any atom is -0.550 e. The molecule has 0 aliphatic carbocycles. The summed E-state index contributed by atoms with van der Waals surface area (Å²) in [6, 6.07) is 0. The van der Waals surface area contributed by atoms with E-state index < -0.39 is 11.9 Å². The molecule has 0 saturated carbocycles. The van der Waals surface area contributed by atoms with Crippen LogP contribution in [0.5, 0.6) is 0 Å². The minimum atomic E-state index is -0.995. The Morgan fingerprint density at radius 2 is 1.08 bits per heavy atom. The Morgan fingerprint density at radius 3 is 1.08 bits per heavy atom. The van der Waals surface area contributed by atoms with Crippen LogP contribution >= 0.6 is 0 Å². The van der Waals surface area contributed by atoms with Gasteiger partial charge < -0.3 is 25.3 Å². The summed E-state index contributed by atoms with van der Waals surface area (Å²) in [6.45, 7) is 3.07. The predicted octanol–water partition coefficient (Wildman–Crippen LogP) is -2.53. The third-order valence-electron chi connectivity index (χ3n) is 0.577. The molecule has 0 bridgehead atoms. The summed E-state index contributed by atoms with van der Waals surface area (Å²) in [4.78, 5) is 18.5. The second-order valence-electron chi connectivity index (χ2n) is 1.45. The number of carbonyl (C=O) groups excluding carboxylic acids is 2. The van der Waals surface area contributed by atoms with Gasteiger partial charge in [0.25, 0.3) is 0 Å². The van der Waals surface area contributed by atoms with Gasteiger partial charge in [0.2, 0.25) is 0 Å². The SMILES string of the molecule is CCC(=O)[O-].CCC(=O)[O-].O.[Zr+2]. The zero-order chi connectivity index (χ0) is 8.57.